The minimum Gasteiger partial charge on any atom is -0.495 e. The van der Waals surface area contributed by atoms with Gasteiger partial charge in [-0.3, -0.25) is 0 Å². The van der Waals surface area contributed by atoms with E-state index >= 15 is 0 Å². The summed E-state index contributed by atoms with van der Waals surface area (Å²) in [4.78, 5) is 26.4. The van der Waals surface area contributed by atoms with Crippen LogP contribution >= 0.6 is 23.2 Å². The Morgan fingerprint density at radius 1 is 1.07 bits per heavy atom. The lowest BCUT2D eigenvalue weighted by atomic mass is 9.97. The van der Waals surface area contributed by atoms with Crippen LogP contribution < -0.4 is 20.7 Å². The van der Waals surface area contributed by atoms with E-state index in [1.165, 1.54) is 0 Å². The van der Waals surface area contributed by atoms with Crippen LogP contribution in [0.3, 0.4) is 0 Å². The third kappa shape index (κ3) is 5.93. The van der Waals surface area contributed by atoms with Gasteiger partial charge in [0.2, 0.25) is 0 Å². The van der Waals surface area contributed by atoms with Crippen molar-refractivity contribution in [3.8, 4) is 5.75 Å². The normalized spacial score (nSPS) is 14.2. The molecular weight excluding hydrogens is 427 g/mol. The van der Waals surface area contributed by atoms with Gasteiger partial charge in [-0.15, -0.1) is 0 Å². The Morgan fingerprint density at radius 2 is 1.80 bits per heavy atom. The molecule has 3 rings (SSSR count). The summed E-state index contributed by atoms with van der Waals surface area (Å²) in [5.74, 6) is 0.929. The highest BCUT2D eigenvalue weighted by molar-refractivity contribution is 6.42. The number of piperidine rings is 1. The number of methoxy groups -OCH3 is 1. The fourth-order valence-electron chi connectivity index (χ4n) is 3.27. The van der Waals surface area contributed by atoms with Gasteiger partial charge in [0.15, 0.2) is 0 Å². The minimum absolute atomic E-state index is 0.150. The van der Waals surface area contributed by atoms with E-state index in [0.29, 0.717) is 52.7 Å². The molecule has 9 heteroatoms. The molecule has 1 aliphatic rings. The van der Waals surface area contributed by atoms with Crippen molar-refractivity contribution in [1.82, 2.24) is 10.2 Å². The molecule has 160 valence electrons. The maximum absolute atomic E-state index is 12.5. The van der Waals surface area contributed by atoms with E-state index in [1.807, 2.05) is 12.1 Å². The monoisotopic (exact) mass is 450 g/mol. The Labute approximate surface area is 185 Å². The van der Waals surface area contributed by atoms with Crippen LogP contribution in [0.15, 0.2) is 42.5 Å². The molecule has 0 aliphatic carbocycles. The smallest absolute Gasteiger partial charge is 0.321 e. The number of halogens is 2. The maximum atomic E-state index is 12.5. The first-order valence-electron chi connectivity index (χ1n) is 9.65. The van der Waals surface area contributed by atoms with Crippen molar-refractivity contribution in [3.05, 3.63) is 52.5 Å². The summed E-state index contributed by atoms with van der Waals surface area (Å²) in [6.07, 6.45) is 1.62. The average Bonchev–Trinajstić information content (AvgIpc) is 2.75. The summed E-state index contributed by atoms with van der Waals surface area (Å²) < 4.78 is 5.27. The molecule has 2 aromatic carbocycles. The van der Waals surface area contributed by atoms with E-state index in [0.717, 1.165) is 12.8 Å². The van der Waals surface area contributed by atoms with Gasteiger partial charge in [0.1, 0.15) is 5.75 Å². The number of nitrogens with zero attached hydrogens (tertiary/aromatic N) is 1. The van der Waals surface area contributed by atoms with E-state index in [4.69, 9.17) is 27.9 Å². The third-order valence-electron chi connectivity index (χ3n) is 4.98. The highest BCUT2D eigenvalue weighted by atomic mass is 35.5. The number of hydrogen-bond acceptors (Lipinski definition) is 3. The molecule has 0 saturated carbocycles. The predicted molar refractivity (Wildman–Crippen MR) is 120 cm³/mol. The first kappa shape index (κ1) is 22.1. The Hall–Kier alpha value is -2.64. The van der Waals surface area contributed by atoms with Gasteiger partial charge in [0.05, 0.1) is 22.8 Å². The molecule has 0 aromatic heterocycles. The number of carbonyl (C=O) groups is 2. The van der Waals surface area contributed by atoms with Crippen LogP contribution in [-0.4, -0.2) is 43.7 Å². The Kier molecular flexibility index (Phi) is 7.65. The number of rotatable bonds is 5. The molecule has 1 heterocycles. The van der Waals surface area contributed by atoms with Crippen LogP contribution in [0, 0.1) is 5.92 Å². The lowest BCUT2D eigenvalue weighted by Crippen LogP contribution is -2.43. The molecule has 0 radical (unpaired) electrons. The van der Waals surface area contributed by atoms with Gasteiger partial charge in [-0.2, -0.15) is 0 Å². The topological polar surface area (TPSA) is 82.7 Å². The zero-order valence-electron chi connectivity index (χ0n) is 16.6. The maximum Gasteiger partial charge on any atom is 0.321 e. The summed E-state index contributed by atoms with van der Waals surface area (Å²) in [5.41, 5.74) is 1.22. The number of likely N-dealkylation sites (tertiary alicyclic amines) is 1. The van der Waals surface area contributed by atoms with Crippen molar-refractivity contribution in [3.63, 3.8) is 0 Å². The minimum atomic E-state index is -0.301. The van der Waals surface area contributed by atoms with E-state index in [2.05, 4.69) is 16.0 Å². The van der Waals surface area contributed by atoms with Crippen LogP contribution in [-0.2, 0) is 0 Å². The number of amides is 4. The fraction of sp³-hybridized carbons (Fsp3) is 0.333. The molecule has 0 atom stereocenters. The summed E-state index contributed by atoms with van der Waals surface area (Å²) in [5, 5.41) is 9.32. The molecule has 3 N–H and O–H groups in total. The van der Waals surface area contributed by atoms with E-state index in [-0.39, 0.29) is 12.1 Å². The third-order valence-corrected chi connectivity index (χ3v) is 5.72. The van der Waals surface area contributed by atoms with Crippen molar-refractivity contribution >= 4 is 46.6 Å². The quantitative estimate of drug-likeness (QED) is 0.594. The zero-order valence-corrected chi connectivity index (χ0v) is 18.1. The van der Waals surface area contributed by atoms with Crippen LogP contribution in [0.2, 0.25) is 10.0 Å². The van der Waals surface area contributed by atoms with Crippen LogP contribution in [0.25, 0.3) is 0 Å². The summed E-state index contributed by atoms with van der Waals surface area (Å²) in [6.45, 7) is 1.79. The fourth-order valence-corrected chi connectivity index (χ4v) is 3.57. The molecule has 0 spiro atoms. The summed E-state index contributed by atoms with van der Waals surface area (Å²) in [6, 6.07) is 11.8. The van der Waals surface area contributed by atoms with Crippen LogP contribution in [0.4, 0.5) is 21.0 Å². The second-order valence-corrected chi connectivity index (χ2v) is 7.84. The lowest BCUT2D eigenvalue weighted by Gasteiger charge is -2.32. The number of anilines is 2. The van der Waals surface area contributed by atoms with Crippen LogP contribution in [0.5, 0.6) is 5.75 Å². The predicted octanol–water partition coefficient (Wildman–Crippen LogP) is 5.07. The molecule has 2 aromatic rings. The van der Waals surface area contributed by atoms with Gasteiger partial charge in [-0.25, -0.2) is 9.59 Å². The van der Waals surface area contributed by atoms with Crippen molar-refractivity contribution in [2.75, 3.05) is 37.4 Å². The SMILES string of the molecule is COc1ccccc1NC(=O)N1CCC(CNC(=O)Nc2ccc(Cl)c(Cl)c2)CC1. The molecule has 0 unspecified atom stereocenters. The molecule has 7 nitrogen and oxygen atoms in total. The van der Waals surface area contributed by atoms with Gasteiger partial charge in [0, 0.05) is 25.3 Å². The van der Waals surface area contributed by atoms with Crippen molar-refractivity contribution in [2.45, 2.75) is 12.8 Å². The number of nitrogens with one attached hydrogen (secondary N) is 3. The highest BCUT2D eigenvalue weighted by Crippen LogP contribution is 2.26. The van der Waals surface area contributed by atoms with Gasteiger partial charge >= 0.3 is 12.1 Å². The van der Waals surface area contributed by atoms with Gasteiger partial charge in [0.25, 0.3) is 0 Å². The highest BCUT2D eigenvalue weighted by Gasteiger charge is 2.23. The number of ether oxygens (including phenoxy) is 1. The Bertz CT molecular complexity index is 902. The van der Waals surface area contributed by atoms with Gasteiger partial charge in [-0.1, -0.05) is 35.3 Å². The number of benzene rings is 2. The van der Waals surface area contributed by atoms with E-state index in [9.17, 15) is 9.59 Å². The molecule has 4 amide bonds. The number of urea groups is 2. The first-order chi connectivity index (χ1) is 14.5. The average molecular weight is 451 g/mol. The number of para-hydroxylation sites is 2. The largest absolute Gasteiger partial charge is 0.495 e. The number of hydrogen-bond donors (Lipinski definition) is 3. The van der Waals surface area contributed by atoms with Gasteiger partial charge in [-0.05, 0) is 49.1 Å². The standard InChI is InChI=1S/C21H24Cl2N4O3/c1-30-19-5-3-2-4-18(19)26-21(29)27-10-8-14(9-11-27)13-24-20(28)25-15-6-7-16(22)17(23)12-15/h2-7,12,14H,8-11,13H2,1H3,(H,26,29)(H2,24,25,28). The molecule has 1 saturated heterocycles. The number of carbonyl (C=O) groups excluding carboxylic acids is 2. The second kappa shape index (κ2) is 10.4. The summed E-state index contributed by atoms with van der Waals surface area (Å²) in [7, 11) is 1.57. The lowest BCUT2D eigenvalue weighted by molar-refractivity contribution is 0.181. The van der Waals surface area contributed by atoms with Crippen molar-refractivity contribution in [2.24, 2.45) is 5.92 Å². The molecule has 30 heavy (non-hydrogen) atoms. The first-order valence-corrected chi connectivity index (χ1v) is 10.4. The second-order valence-electron chi connectivity index (χ2n) is 7.02. The van der Waals surface area contributed by atoms with Crippen molar-refractivity contribution in [1.29, 1.82) is 0 Å². The Morgan fingerprint density at radius 3 is 2.50 bits per heavy atom. The molecule has 0 bridgehead atoms. The zero-order chi connectivity index (χ0) is 21.5. The van der Waals surface area contributed by atoms with Crippen LogP contribution in [0.1, 0.15) is 12.8 Å². The molecular formula is C21H24Cl2N4O3. The summed E-state index contributed by atoms with van der Waals surface area (Å²) >= 11 is 11.8. The van der Waals surface area contributed by atoms with Gasteiger partial charge < -0.3 is 25.6 Å². The van der Waals surface area contributed by atoms with E-state index < -0.39 is 0 Å². The Balaban J connectivity index is 1.41. The molecule has 1 fully saturated rings. The van der Waals surface area contributed by atoms with E-state index in [1.54, 1.807) is 42.3 Å². The van der Waals surface area contributed by atoms with Crippen molar-refractivity contribution < 1.29 is 14.3 Å². The molecule has 1 aliphatic heterocycles.